The van der Waals surface area contributed by atoms with Gasteiger partial charge < -0.3 is 14.6 Å². The number of amides is 2. The number of aromatic hydroxyl groups is 1. The SMILES string of the molecule is O=C(/C=C/[C@@H](Oc1ccccc1)[C@H](OC(=O)Nc1cccc2ccccc12)c1ccc(O)c(F)c1)NO. The van der Waals surface area contributed by atoms with Gasteiger partial charge in [0.05, 0.1) is 5.69 Å². The molecule has 0 fully saturated rings. The maximum absolute atomic E-state index is 14.3. The molecule has 0 aliphatic heterocycles. The van der Waals surface area contributed by atoms with E-state index in [1.54, 1.807) is 42.5 Å². The smallest absolute Gasteiger partial charge is 0.412 e. The molecule has 0 heterocycles. The number of halogens is 1. The number of anilines is 1. The molecule has 0 unspecified atom stereocenters. The molecular formula is C28H23FN2O6. The molecule has 0 aliphatic carbocycles. The first-order valence-corrected chi connectivity index (χ1v) is 11.2. The lowest BCUT2D eigenvalue weighted by molar-refractivity contribution is -0.124. The minimum atomic E-state index is -1.27. The molecule has 37 heavy (non-hydrogen) atoms. The van der Waals surface area contributed by atoms with Gasteiger partial charge >= 0.3 is 6.09 Å². The minimum Gasteiger partial charge on any atom is -0.505 e. The molecule has 0 spiro atoms. The van der Waals surface area contributed by atoms with Gasteiger partial charge in [-0.25, -0.2) is 14.7 Å². The summed E-state index contributed by atoms with van der Waals surface area (Å²) in [4.78, 5) is 24.8. The maximum atomic E-state index is 14.3. The zero-order valence-corrected chi connectivity index (χ0v) is 19.4. The highest BCUT2D eigenvalue weighted by molar-refractivity contribution is 6.00. The number of para-hydroxylation sites is 1. The topological polar surface area (TPSA) is 117 Å². The van der Waals surface area contributed by atoms with E-state index >= 15 is 0 Å². The molecule has 4 aromatic rings. The summed E-state index contributed by atoms with van der Waals surface area (Å²) >= 11 is 0. The van der Waals surface area contributed by atoms with Gasteiger partial charge in [0, 0.05) is 11.5 Å². The molecule has 0 radical (unpaired) electrons. The Morgan fingerprint density at radius 2 is 1.65 bits per heavy atom. The third kappa shape index (κ3) is 6.41. The molecule has 4 aromatic carbocycles. The summed E-state index contributed by atoms with van der Waals surface area (Å²) in [7, 11) is 0. The first kappa shape index (κ1) is 25.2. The maximum Gasteiger partial charge on any atom is 0.412 e. The first-order valence-electron chi connectivity index (χ1n) is 11.2. The minimum absolute atomic E-state index is 0.151. The monoisotopic (exact) mass is 502 g/mol. The summed E-state index contributed by atoms with van der Waals surface area (Å²) in [5, 5.41) is 22.9. The Kier molecular flexibility index (Phi) is 7.97. The molecule has 2 amide bonds. The van der Waals surface area contributed by atoms with Crippen LogP contribution in [-0.4, -0.2) is 28.4 Å². The Morgan fingerprint density at radius 3 is 2.41 bits per heavy atom. The molecule has 0 saturated carbocycles. The number of hydrogen-bond acceptors (Lipinski definition) is 6. The molecule has 0 aliphatic rings. The van der Waals surface area contributed by atoms with Gasteiger partial charge in [-0.05, 0) is 47.4 Å². The molecule has 0 bridgehead atoms. The van der Waals surface area contributed by atoms with Gasteiger partial charge in [0.15, 0.2) is 23.8 Å². The Labute approximate surface area is 211 Å². The fourth-order valence-corrected chi connectivity index (χ4v) is 3.69. The lowest BCUT2D eigenvalue weighted by atomic mass is 10.0. The highest BCUT2D eigenvalue weighted by Gasteiger charge is 2.29. The van der Waals surface area contributed by atoms with Crippen molar-refractivity contribution in [2.24, 2.45) is 0 Å². The van der Waals surface area contributed by atoms with Crippen LogP contribution < -0.4 is 15.5 Å². The number of hydroxylamine groups is 1. The summed E-state index contributed by atoms with van der Waals surface area (Å²) in [6, 6.07) is 24.9. The second kappa shape index (κ2) is 11.7. The largest absolute Gasteiger partial charge is 0.505 e. The number of ether oxygens (including phenoxy) is 2. The van der Waals surface area contributed by atoms with Crippen LogP contribution in [0.5, 0.6) is 11.5 Å². The summed E-state index contributed by atoms with van der Waals surface area (Å²) in [6.45, 7) is 0. The Morgan fingerprint density at radius 1 is 0.919 bits per heavy atom. The number of benzene rings is 4. The third-order valence-corrected chi connectivity index (χ3v) is 5.42. The van der Waals surface area contributed by atoms with Crippen molar-refractivity contribution in [1.82, 2.24) is 5.48 Å². The standard InChI is InChI=1S/C28H23FN2O6/c29-22-17-19(13-14-24(22)32)27(25(15-16-26(33)31-35)36-20-9-2-1-3-10-20)37-28(34)30-23-12-6-8-18-7-4-5-11-21(18)23/h1-17,25,27,32,35H,(H,30,34)(H,31,33)/b16-15+/t25-,27-/m1/s1. The Bertz CT molecular complexity index is 1420. The number of hydrogen-bond donors (Lipinski definition) is 4. The van der Waals surface area contributed by atoms with Crippen LogP contribution in [0, 0.1) is 5.82 Å². The second-order valence-corrected chi connectivity index (χ2v) is 7.92. The Balaban J connectivity index is 1.69. The van der Waals surface area contributed by atoms with E-state index in [0.29, 0.717) is 11.4 Å². The Hall–Kier alpha value is -4.89. The van der Waals surface area contributed by atoms with Crippen molar-refractivity contribution >= 4 is 28.5 Å². The third-order valence-electron chi connectivity index (χ3n) is 5.42. The van der Waals surface area contributed by atoms with E-state index in [9.17, 15) is 19.1 Å². The average molecular weight is 502 g/mol. The van der Waals surface area contributed by atoms with Crippen molar-refractivity contribution in [1.29, 1.82) is 0 Å². The van der Waals surface area contributed by atoms with Gasteiger partial charge in [0.1, 0.15) is 5.75 Å². The number of carbonyl (C=O) groups is 2. The zero-order valence-electron chi connectivity index (χ0n) is 19.4. The van der Waals surface area contributed by atoms with Crippen LogP contribution in [0.25, 0.3) is 10.8 Å². The van der Waals surface area contributed by atoms with Crippen LogP contribution >= 0.6 is 0 Å². The molecule has 2 atom stereocenters. The molecular weight excluding hydrogens is 479 g/mol. The predicted octanol–water partition coefficient (Wildman–Crippen LogP) is 5.48. The second-order valence-electron chi connectivity index (χ2n) is 7.92. The molecule has 188 valence electrons. The van der Waals surface area contributed by atoms with Gasteiger partial charge in [-0.1, -0.05) is 60.7 Å². The molecule has 0 aromatic heterocycles. The van der Waals surface area contributed by atoms with Gasteiger partial charge in [-0.3, -0.25) is 15.3 Å². The van der Waals surface area contributed by atoms with Crippen molar-refractivity contribution in [3.05, 3.63) is 115 Å². The van der Waals surface area contributed by atoms with Gasteiger partial charge in [0.2, 0.25) is 0 Å². The number of phenols is 1. The normalized spacial score (nSPS) is 12.6. The van der Waals surface area contributed by atoms with Crippen molar-refractivity contribution in [2.75, 3.05) is 5.32 Å². The highest BCUT2D eigenvalue weighted by Crippen LogP contribution is 2.31. The zero-order chi connectivity index (χ0) is 26.2. The van der Waals surface area contributed by atoms with E-state index in [-0.39, 0.29) is 5.56 Å². The highest BCUT2D eigenvalue weighted by atomic mass is 19.1. The van der Waals surface area contributed by atoms with Crippen LogP contribution in [0.1, 0.15) is 11.7 Å². The summed E-state index contributed by atoms with van der Waals surface area (Å²) < 4.78 is 26.0. The quantitative estimate of drug-likeness (QED) is 0.144. The van der Waals surface area contributed by atoms with Crippen molar-refractivity contribution in [2.45, 2.75) is 12.2 Å². The summed E-state index contributed by atoms with van der Waals surface area (Å²) in [5.41, 5.74) is 2.12. The number of fused-ring (bicyclic) bond motifs is 1. The first-order chi connectivity index (χ1) is 17.9. The van der Waals surface area contributed by atoms with E-state index in [1.165, 1.54) is 17.6 Å². The average Bonchev–Trinajstić information content (AvgIpc) is 2.92. The fraction of sp³-hybridized carbons (Fsp3) is 0.0714. The van der Waals surface area contributed by atoms with E-state index in [2.05, 4.69) is 5.32 Å². The lowest BCUT2D eigenvalue weighted by Gasteiger charge is -2.26. The number of carbonyl (C=O) groups excluding carboxylic acids is 2. The van der Waals surface area contributed by atoms with Crippen molar-refractivity contribution < 1.29 is 33.8 Å². The van der Waals surface area contributed by atoms with Gasteiger partial charge in [0.25, 0.3) is 5.91 Å². The van der Waals surface area contributed by atoms with E-state index in [4.69, 9.17) is 14.7 Å². The molecule has 4 N–H and O–H groups in total. The molecule has 0 saturated heterocycles. The van der Waals surface area contributed by atoms with Gasteiger partial charge in [-0.2, -0.15) is 0 Å². The lowest BCUT2D eigenvalue weighted by Crippen LogP contribution is -2.30. The van der Waals surface area contributed by atoms with E-state index in [0.717, 1.165) is 29.0 Å². The van der Waals surface area contributed by atoms with E-state index < -0.39 is 35.8 Å². The molecule has 8 nitrogen and oxygen atoms in total. The summed E-state index contributed by atoms with van der Waals surface area (Å²) in [5.74, 6) is -1.99. The van der Waals surface area contributed by atoms with Crippen LogP contribution in [0.4, 0.5) is 14.9 Å². The van der Waals surface area contributed by atoms with Gasteiger partial charge in [-0.15, -0.1) is 0 Å². The van der Waals surface area contributed by atoms with E-state index in [1.807, 2.05) is 30.3 Å². The summed E-state index contributed by atoms with van der Waals surface area (Å²) in [6.07, 6.45) is -1.02. The number of phenolic OH excluding ortho intramolecular Hbond substituents is 1. The number of nitrogens with one attached hydrogen (secondary N) is 2. The molecule has 9 heteroatoms. The number of rotatable bonds is 8. The fourth-order valence-electron chi connectivity index (χ4n) is 3.69. The van der Waals surface area contributed by atoms with Crippen molar-refractivity contribution in [3.8, 4) is 11.5 Å². The van der Waals surface area contributed by atoms with Crippen LogP contribution in [0.2, 0.25) is 0 Å². The molecule has 4 rings (SSSR count). The van der Waals surface area contributed by atoms with Crippen LogP contribution in [0.3, 0.4) is 0 Å². The van der Waals surface area contributed by atoms with Crippen LogP contribution in [-0.2, 0) is 9.53 Å². The van der Waals surface area contributed by atoms with Crippen molar-refractivity contribution in [3.63, 3.8) is 0 Å². The van der Waals surface area contributed by atoms with Crippen LogP contribution in [0.15, 0.2) is 103 Å². The predicted molar refractivity (Wildman–Crippen MR) is 135 cm³/mol.